The van der Waals surface area contributed by atoms with Gasteiger partial charge in [-0.3, -0.25) is 14.3 Å². The third-order valence-electron chi connectivity index (χ3n) is 9.41. The Hall–Kier alpha value is -3.88. The van der Waals surface area contributed by atoms with Gasteiger partial charge in [-0.2, -0.15) is 23.3 Å². The Balaban J connectivity index is 1.00. The molecule has 43 heavy (non-hydrogen) atoms. The van der Waals surface area contributed by atoms with Crippen molar-refractivity contribution in [1.29, 1.82) is 0 Å². The molecule has 1 N–H and O–H groups in total. The minimum atomic E-state index is -4.22. The number of aromatic nitrogens is 5. The molecule has 1 saturated carbocycles. The van der Waals surface area contributed by atoms with E-state index in [1.165, 1.54) is 0 Å². The number of pyridine rings is 1. The number of nitrogens with zero attached hydrogens (tertiary/aromatic N) is 9. The Bertz CT molecular complexity index is 1490. The molecule has 3 saturated heterocycles. The second-order valence-electron chi connectivity index (χ2n) is 12.3. The largest absolute Gasteiger partial charge is 0.391 e. The first-order valence-corrected chi connectivity index (χ1v) is 14.9. The zero-order valence-corrected chi connectivity index (χ0v) is 23.9. The predicted molar refractivity (Wildman–Crippen MR) is 151 cm³/mol. The minimum absolute atomic E-state index is 0.0312. The summed E-state index contributed by atoms with van der Waals surface area (Å²) in [6, 6.07) is 3.81. The Morgan fingerprint density at radius 3 is 2.49 bits per heavy atom. The van der Waals surface area contributed by atoms with Crippen molar-refractivity contribution in [1.82, 2.24) is 39.1 Å². The van der Waals surface area contributed by atoms with Crippen molar-refractivity contribution < 1.29 is 22.8 Å². The highest BCUT2D eigenvalue weighted by atomic mass is 19.4. The van der Waals surface area contributed by atoms with E-state index in [9.17, 15) is 22.8 Å². The molecule has 12 nitrogen and oxygen atoms in total. The smallest absolute Gasteiger partial charge is 0.364 e. The summed E-state index contributed by atoms with van der Waals surface area (Å²) in [5, 5.41) is 12.1. The van der Waals surface area contributed by atoms with Crippen LogP contribution in [0.1, 0.15) is 25.7 Å². The van der Waals surface area contributed by atoms with Crippen molar-refractivity contribution in [2.24, 2.45) is 11.8 Å². The number of fused-ring (bicyclic) bond motifs is 3. The normalized spacial score (nSPS) is 26.2. The third kappa shape index (κ3) is 5.38. The molecule has 2 unspecified atom stereocenters. The molecule has 4 aliphatic rings. The van der Waals surface area contributed by atoms with Gasteiger partial charge in [0.05, 0.1) is 23.5 Å². The molecule has 3 aliphatic heterocycles. The molecule has 2 bridgehead atoms. The molecule has 4 fully saturated rings. The number of carbonyl (C=O) groups is 2. The number of hydrogen-bond donors (Lipinski definition) is 1. The fraction of sp³-hybridized carbons (Fsp3) is 0.607. The van der Waals surface area contributed by atoms with Crippen LogP contribution in [0.5, 0.6) is 0 Å². The Morgan fingerprint density at radius 2 is 1.79 bits per heavy atom. The SMILES string of the molecule is CN1CCN(C(=O)Cn2cc(Nc3nc4c(N5CC6CCC(C5)N6C(=O)[C@H]5C[C@@H](C(F)(F)F)C5)cccn4n3)cn2)CC1. The molecule has 0 radical (unpaired) electrons. The first-order chi connectivity index (χ1) is 20.6. The van der Waals surface area contributed by atoms with Gasteiger partial charge in [0.25, 0.3) is 0 Å². The zero-order chi connectivity index (χ0) is 29.9. The number of hydrogen-bond acceptors (Lipinski definition) is 8. The van der Waals surface area contributed by atoms with E-state index in [1.54, 1.807) is 21.6 Å². The number of halogens is 3. The van der Waals surface area contributed by atoms with Crippen LogP contribution in [-0.4, -0.2) is 115 Å². The summed E-state index contributed by atoms with van der Waals surface area (Å²) in [4.78, 5) is 38.7. The van der Waals surface area contributed by atoms with Crippen LogP contribution in [0.15, 0.2) is 30.7 Å². The van der Waals surface area contributed by atoms with Gasteiger partial charge < -0.3 is 24.9 Å². The summed E-state index contributed by atoms with van der Waals surface area (Å²) in [7, 11) is 2.05. The standard InChI is InChI=1S/C28H35F3N10O2/c1-36-7-9-37(10-8-36)24(42)17-39-14-20(13-32-39)33-27-34-25-23(3-2-6-40(25)35-27)38-15-21-4-5-22(16-38)41(21)26(43)18-11-19(12-18)28(29,30)31/h2-3,6,13-14,18-19,21-22H,4-5,7-12,15-17H2,1H3,(H,33,35)/t18-,19+,21?,22?. The molecule has 3 aromatic rings. The molecule has 0 aromatic carbocycles. The third-order valence-corrected chi connectivity index (χ3v) is 9.41. The molecule has 7 rings (SSSR count). The summed E-state index contributed by atoms with van der Waals surface area (Å²) in [5.74, 6) is -1.58. The Morgan fingerprint density at radius 1 is 1.07 bits per heavy atom. The van der Waals surface area contributed by atoms with E-state index in [0.717, 1.165) is 31.6 Å². The van der Waals surface area contributed by atoms with E-state index >= 15 is 0 Å². The number of anilines is 3. The maximum absolute atomic E-state index is 13.2. The van der Waals surface area contributed by atoms with Gasteiger partial charge in [0.1, 0.15) is 6.54 Å². The summed E-state index contributed by atoms with van der Waals surface area (Å²) >= 11 is 0. The number of rotatable bonds is 6. The van der Waals surface area contributed by atoms with Crippen molar-refractivity contribution in [3.63, 3.8) is 0 Å². The average Bonchev–Trinajstić information content (AvgIpc) is 3.62. The number of carbonyl (C=O) groups excluding carboxylic acids is 2. The van der Waals surface area contributed by atoms with E-state index in [2.05, 4.69) is 25.3 Å². The van der Waals surface area contributed by atoms with Gasteiger partial charge in [-0.25, -0.2) is 4.52 Å². The quantitative estimate of drug-likeness (QED) is 0.459. The van der Waals surface area contributed by atoms with E-state index in [4.69, 9.17) is 4.98 Å². The summed E-state index contributed by atoms with van der Waals surface area (Å²) < 4.78 is 42.3. The average molecular weight is 601 g/mol. The first-order valence-electron chi connectivity index (χ1n) is 14.9. The number of piperazine rings is 2. The number of nitrogens with one attached hydrogen (secondary N) is 1. The van der Waals surface area contributed by atoms with Gasteiger partial charge in [-0.05, 0) is 44.9 Å². The molecule has 2 amide bonds. The molecule has 6 heterocycles. The number of likely N-dealkylation sites (N-methyl/N-ethyl adjacent to an activating group) is 1. The lowest BCUT2D eigenvalue weighted by molar-refractivity contribution is -0.207. The van der Waals surface area contributed by atoms with E-state index < -0.39 is 18.0 Å². The molecule has 1 aliphatic carbocycles. The molecule has 2 atom stereocenters. The second-order valence-corrected chi connectivity index (χ2v) is 12.3. The Kier molecular flexibility index (Phi) is 6.94. The molecule has 0 spiro atoms. The highest BCUT2D eigenvalue weighted by Crippen LogP contribution is 2.47. The van der Waals surface area contributed by atoms with Gasteiger partial charge in [0.15, 0.2) is 5.65 Å². The Labute approximate surface area is 246 Å². The van der Waals surface area contributed by atoms with Crippen LogP contribution in [0, 0.1) is 11.8 Å². The highest BCUT2D eigenvalue weighted by Gasteiger charge is 2.53. The molecular formula is C28H35F3N10O2. The van der Waals surface area contributed by atoms with Crippen LogP contribution in [0.3, 0.4) is 0 Å². The highest BCUT2D eigenvalue weighted by molar-refractivity contribution is 5.82. The van der Waals surface area contributed by atoms with E-state index in [-0.39, 0.29) is 43.3 Å². The monoisotopic (exact) mass is 600 g/mol. The second kappa shape index (κ2) is 10.7. The fourth-order valence-corrected chi connectivity index (χ4v) is 6.89. The van der Waals surface area contributed by atoms with Crippen molar-refractivity contribution in [3.05, 3.63) is 30.7 Å². The number of amides is 2. The van der Waals surface area contributed by atoms with Crippen molar-refractivity contribution in [2.75, 3.05) is 56.5 Å². The minimum Gasteiger partial charge on any atom is -0.364 e. The van der Waals surface area contributed by atoms with Gasteiger partial charge in [0.2, 0.25) is 17.8 Å². The zero-order valence-electron chi connectivity index (χ0n) is 23.9. The van der Waals surface area contributed by atoms with Crippen LogP contribution in [-0.2, 0) is 16.1 Å². The van der Waals surface area contributed by atoms with Crippen LogP contribution in [0.25, 0.3) is 5.65 Å². The summed E-state index contributed by atoms with van der Waals surface area (Å²) in [6.07, 6.45) is 2.48. The summed E-state index contributed by atoms with van der Waals surface area (Å²) in [5.41, 5.74) is 2.22. The molecule has 15 heteroatoms. The first kappa shape index (κ1) is 27.9. The van der Waals surface area contributed by atoms with Crippen LogP contribution >= 0.6 is 0 Å². The lowest BCUT2D eigenvalue weighted by Crippen LogP contribution is -2.58. The van der Waals surface area contributed by atoms with Crippen LogP contribution in [0.2, 0.25) is 0 Å². The van der Waals surface area contributed by atoms with Gasteiger partial charge in [-0.15, -0.1) is 5.10 Å². The topological polar surface area (TPSA) is 107 Å². The van der Waals surface area contributed by atoms with Gasteiger partial charge in [0, 0.05) is 69.7 Å². The fourth-order valence-electron chi connectivity index (χ4n) is 6.89. The van der Waals surface area contributed by atoms with Crippen molar-refractivity contribution in [3.8, 4) is 0 Å². The maximum atomic E-state index is 13.2. The van der Waals surface area contributed by atoms with Gasteiger partial charge >= 0.3 is 6.18 Å². The lowest BCUT2D eigenvalue weighted by Gasteiger charge is -2.45. The molecule has 230 valence electrons. The van der Waals surface area contributed by atoms with Crippen molar-refractivity contribution >= 4 is 34.8 Å². The lowest BCUT2D eigenvalue weighted by atomic mass is 9.73. The van der Waals surface area contributed by atoms with Crippen molar-refractivity contribution in [2.45, 2.75) is 50.5 Å². The number of alkyl halides is 3. The summed E-state index contributed by atoms with van der Waals surface area (Å²) in [6.45, 7) is 4.51. The van der Waals surface area contributed by atoms with Crippen LogP contribution < -0.4 is 10.2 Å². The van der Waals surface area contributed by atoms with Crippen LogP contribution in [0.4, 0.5) is 30.5 Å². The maximum Gasteiger partial charge on any atom is 0.391 e. The van der Waals surface area contributed by atoms with E-state index in [0.29, 0.717) is 43.5 Å². The van der Waals surface area contributed by atoms with Gasteiger partial charge in [-0.1, -0.05) is 0 Å². The molecule has 3 aromatic heterocycles. The predicted octanol–water partition coefficient (Wildman–Crippen LogP) is 2.21. The molecular weight excluding hydrogens is 565 g/mol. The van der Waals surface area contributed by atoms with E-state index in [1.807, 2.05) is 35.2 Å².